The first-order chi connectivity index (χ1) is 10.2. The Hall–Kier alpha value is -1.60. The van der Waals surface area contributed by atoms with Crippen molar-refractivity contribution in [2.45, 2.75) is 31.5 Å². The summed E-state index contributed by atoms with van der Waals surface area (Å²) >= 11 is 1.21. The Morgan fingerprint density at radius 3 is 3.10 bits per heavy atom. The SMILES string of the molecule is CCCCOCCn1c(SCC(=O)O)nc2cccnc21. The van der Waals surface area contributed by atoms with Gasteiger partial charge in [-0.2, -0.15) is 0 Å². The molecule has 6 nitrogen and oxygen atoms in total. The summed E-state index contributed by atoms with van der Waals surface area (Å²) in [6.07, 6.45) is 3.86. The van der Waals surface area contributed by atoms with Crippen molar-refractivity contribution < 1.29 is 14.6 Å². The second kappa shape index (κ2) is 7.99. The average molecular weight is 309 g/mol. The van der Waals surface area contributed by atoms with Gasteiger partial charge in [0, 0.05) is 12.8 Å². The molecule has 0 unspecified atom stereocenters. The van der Waals surface area contributed by atoms with Gasteiger partial charge in [0.25, 0.3) is 0 Å². The van der Waals surface area contributed by atoms with E-state index < -0.39 is 5.97 Å². The summed E-state index contributed by atoms with van der Waals surface area (Å²) in [5, 5.41) is 9.49. The van der Waals surface area contributed by atoms with Crippen molar-refractivity contribution in [3.8, 4) is 0 Å². The number of nitrogens with zero attached hydrogens (tertiary/aromatic N) is 3. The van der Waals surface area contributed by atoms with Crippen LogP contribution in [0.4, 0.5) is 0 Å². The number of ether oxygens (including phenoxy) is 1. The van der Waals surface area contributed by atoms with E-state index in [-0.39, 0.29) is 5.75 Å². The number of carboxylic acids is 1. The predicted molar refractivity (Wildman–Crippen MR) is 81.6 cm³/mol. The van der Waals surface area contributed by atoms with Gasteiger partial charge < -0.3 is 14.4 Å². The summed E-state index contributed by atoms with van der Waals surface area (Å²) in [7, 11) is 0. The van der Waals surface area contributed by atoms with Gasteiger partial charge in [-0.3, -0.25) is 4.79 Å². The third-order valence-electron chi connectivity index (χ3n) is 2.89. The maximum absolute atomic E-state index is 10.7. The molecule has 0 amide bonds. The molecular weight excluding hydrogens is 290 g/mol. The van der Waals surface area contributed by atoms with Crippen LogP contribution in [-0.4, -0.2) is 44.6 Å². The lowest BCUT2D eigenvalue weighted by Crippen LogP contribution is -2.09. The zero-order valence-corrected chi connectivity index (χ0v) is 12.8. The highest BCUT2D eigenvalue weighted by Crippen LogP contribution is 2.22. The summed E-state index contributed by atoms with van der Waals surface area (Å²) in [6, 6.07) is 3.70. The van der Waals surface area contributed by atoms with E-state index in [2.05, 4.69) is 16.9 Å². The van der Waals surface area contributed by atoms with Crippen molar-refractivity contribution in [1.82, 2.24) is 14.5 Å². The number of rotatable bonds is 9. The minimum Gasteiger partial charge on any atom is -0.481 e. The van der Waals surface area contributed by atoms with Crippen LogP contribution in [0.15, 0.2) is 23.5 Å². The molecule has 21 heavy (non-hydrogen) atoms. The van der Waals surface area contributed by atoms with E-state index in [1.165, 1.54) is 11.8 Å². The Bertz CT molecular complexity index is 600. The first kappa shape index (κ1) is 15.8. The average Bonchev–Trinajstić information content (AvgIpc) is 2.83. The molecule has 114 valence electrons. The number of aliphatic carboxylic acids is 1. The van der Waals surface area contributed by atoms with Gasteiger partial charge in [-0.25, -0.2) is 9.97 Å². The molecule has 0 aliphatic rings. The maximum Gasteiger partial charge on any atom is 0.313 e. The normalized spacial score (nSPS) is 11.1. The lowest BCUT2D eigenvalue weighted by atomic mass is 10.4. The molecule has 7 heteroatoms. The quantitative estimate of drug-likeness (QED) is 0.566. The predicted octanol–water partition coefficient (Wildman–Crippen LogP) is 2.42. The molecule has 0 radical (unpaired) electrons. The van der Waals surface area contributed by atoms with Crippen molar-refractivity contribution in [2.75, 3.05) is 19.0 Å². The summed E-state index contributed by atoms with van der Waals surface area (Å²) in [5.41, 5.74) is 1.54. The fourth-order valence-electron chi connectivity index (χ4n) is 1.88. The Kier molecular flexibility index (Phi) is 6.01. The van der Waals surface area contributed by atoms with E-state index in [1.807, 2.05) is 16.7 Å². The number of hydrogen-bond acceptors (Lipinski definition) is 5. The van der Waals surface area contributed by atoms with Gasteiger partial charge in [0.2, 0.25) is 0 Å². The van der Waals surface area contributed by atoms with Crippen LogP contribution in [0.5, 0.6) is 0 Å². The molecule has 0 spiro atoms. The van der Waals surface area contributed by atoms with E-state index >= 15 is 0 Å². The molecule has 0 atom stereocenters. The van der Waals surface area contributed by atoms with Crippen molar-refractivity contribution >= 4 is 28.9 Å². The first-order valence-corrected chi connectivity index (χ1v) is 7.94. The van der Waals surface area contributed by atoms with Gasteiger partial charge in [0.1, 0.15) is 5.52 Å². The maximum atomic E-state index is 10.7. The van der Waals surface area contributed by atoms with Gasteiger partial charge in [-0.15, -0.1) is 0 Å². The first-order valence-electron chi connectivity index (χ1n) is 6.96. The minimum atomic E-state index is -0.856. The highest BCUT2D eigenvalue weighted by molar-refractivity contribution is 7.99. The molecule has 0 bridgehead atoms. The van der Waals surface area contributed by atoms with Crippen LogP contribution in [0.1, 0.15) is 19.8 Å². The highest BCUT2D eigenvalue weighted by atomic mass is 32.2. The molecule has 0 saturated heterocycles. The van der Waals surface area contributed by atoms with Crippen LogP contribution in [-0.2, 0) is 16.1 Å². The van der Waals surface area contributed by atoms with Gasteiger partial charge >= 0.3 is 5.97 Å². The number of carbonyl (C=O) groups is 1. The van der Waals surface area contributed by atoms with E-state index in [1.54, 1.807) is 6.20 Å². The van der Waals surface area contributed by atoms with Gasteiger partial charge in [0.05, 0.1) is 18.9 Å². The Morgan fingerprint density at radius 1 is 1.48 bits per heavy atom. The molecule has 1 N–H and O–H groups in total. The molecule has 2 aromatic heterocycles. The summed E-state index contributed by atoms with van der Waals surface area (Å²) in [5.74, 6) is -0.870. The van der Waals surface area contributed by atoms with Gasteiger partial charge in [-0.05, 0) is 18.6 Å². The largest absolute Gasteiger partial charge is 0.481 e. The standard InChI is InChI=1S/C14H19N3O3S/c1-2-3-8-20-9-7-17-13-11(5-4-6-15-13)16-14(17)21-10-12(18)19/h4-6H,2-3,7-10H2,1H3,(H,18,19). The number of carboxylic acid groups (broad SMARTS) is 1. The van der Waals surface area contributed by atoms with Gasteiger partial charge in [0.15, 0.2) is 10.8 Å². The second-order valence-electron chi connectivity index (χ2n) is 4.54. The van der Waals surface area contributed by atoms with Crippen LogP contribution in [0, 0.1) is 0 Å². The smallest absolute Gasteiger partial charge is 0.313 e. The molecule has 0 aromatic carbocycles. The van der Waals surface area contributed by atoms with E-state index in [9.17, 15) is 4.79 Å². The summed E-state index contributed by atoms with van der Waals surface area (Å²) < 4.78 is 7.50. The van der Waals surface area contributed by atoms with Crippen molar-refractivity contribution in [3.63, 3.8) is 0 Å². The lowest BCUT2D eigenvalue weighted by molar-refractivity contribution is -0.133. The van der Waals surface area contributed by atoms with E-state index in [4.69, 9.17) is 9.84 Å². The van der Waals surface area contributed by atoms with Crippen molar-refractivity contribution in [1.29, 1.82) is 0 Å². The minimum absolute atomic E-state index is 0.0139. The molecule has 2 aromatic rings. The third kappa shape index (κ3) is 4.44. The molecule has 0 fully saturated rings. The van der Waals surface area contributed by atoms with E-state index in [0.29, 0.717) is 18.3 Å². The van der Waals surface area contributed by atoms with Gasteiger partial charge in [-0.1, -0.05) is 25.1 Å². The number of imidazole rings is 1. The number of aromatic nitrogens is 3. The number of pyridine rings is 1. The third-order valence-corrected chi connectivity index (χ3v) is 3.86. The van der Waals surface area contributed by atoms with Crippen molar-refractivity contribution in [2.24, 2.45) is 0 Å². The molecule has 0 saturated carbocycles. The summed E-state index contributed by atoms with van der Waals surface area (Å²) in [4.78, 5) is 19.5. The number of hydrogen-bond donors (Lipinski definition) is 1. The van der Waals surface area contributed by atoms with Crippen LogP contribution in [0.3, 0.4) is 0 Å². The monoisotopic (exact) mass is 309 g/mol. The molecule has 0 aliphatic carbocycles. The number of fused-ring (bicyclic) bond motifs is 1. The molecule has 2 heterocycles. The number of unbranched alkanes of at least 4 members (excludes halogenated alkanes) is 1. The van der Waals surface area contributed by atoms with Crippen molar-refractivity contribution in [3.05, 3.63) is 18.3 Å². The topological polar surface area (TPSA) is 77.2 Å². The number of thioether (sulfide) groups is 1. The van der Waals surface area contributed by atoms with Crippen LogP contribution in [0.25, 0.3) is 11.2 Å². The highest BCUT2D eigenvalue weighted by Gasteiger charge is 2.13. The zero-order valence-electron chi connectivity index (χ0n) is 12.0. The zero-order chi connectivity index (χ0) is 15.1. The molecule has 0 aliphatic heterocycles. The lowest BCUT2D eigenvalue weighted by Gasteiger charge is -2.08. The Labute approximate surface area is 127 Å². The Balaban J connectivity index is 2.09. The Morgan fingerprint density at radius 2 is 2.33 bits per heavy atom. The molecule has 2 rings (SSSR count). The second-order valence-corrected chi connectivity index (χ2v) is 5.48. The molecular formula is C14H19N3O3S. The van der Waals surface area contributed by atoms with Crippen LogP contribution in [0.2, 0.25) is 0 Å². The van der Waals surface area contributed by atoms with Crippen LogP contribution >= 0.6 is 11.8 Å². The van der Waals surface area contributed by atoms with E-state index in [0.717, 1.165) is 30.6 Å². The summed E-state index contributed by atoms with van der Waals surface area (Å²) in [6.45, 7) is 4.06. The van der Waals surface area contributed by atoms with Crippen LogP contribution < -0.4 is 0 Å². The fourth-order valence-corrected chi connectivity index (χ4v) is 2.63. The fraction of sp³-hybridized carbons (Fsp3) is 0.500.